The van der Waals surface area contributed by atoms with Crippen molar-refractivity contribution in [1.29, 1.82) is 0 Å². The molecule has 2 unspecified atom stereocenters. The highest BCUT2D eigenvalue weighted by atomic mass is 16.4. The molecule has 0 rings (SSSR count). The van der Waals surface area contributed by atoms with E-state index in [9.17, 15) is 9.59 Å². The van der Waals surface area contributed by atoms with Crippen LogP contribution in [0.5, 0.6) is 0 Å². The molecule has 0 aromatic carbocycles. The van der Waals surface area contributed by atoms with Crippen molar-refractivity contribution in [3.8, 4) is 0 Å². The van der Waals surface area contributed by atoms with Crippen molar-refractivity contribution in [2.24, 2.45) is 5.92 Å². The highest BCUT2D eigenvalue weighted by molar-refractivity contribution is 5.74. The number of nitrogens with one attached hydrogen (secondary N) is 2. The summed E-state index contributed by atoms with van der Waals surface area (Å²) >= 11 is 0. The molecule has 0 aromatic rings. The first-order chi connectivity index (χ1) is 8.01. The summed E-state index contributed by atoms with van der Waals surface area (Å²) in [6, 6.07) is -0.000198. The van der Waals surface area contributed by atoms with Gasteiger partial charge in [0.05, 0.1) is 5.92 Å². The maximum Gasteiger partial charge on any atom is 0.315 e. The first kappa shape index (κ1) is 15.7. The molecule has 17 heavy (non-hydrogen) atoms. The SMILES string of the molecule is CCCC(CC)NC(=O)NCCC(C)C(=O)O. The molecule has 5 heteroatoms. The molecule has 0 heterocycles. The minimum Gasteiger partial charge on any atom is -0.481 e. The summed E-state index contributed by atoms with van der Waals surface area (Å²) < 4.78 is 0. The van der Waals surface area contributed by atoms with Crippen molar-refractivity contribution in [1.82, 2.24) is 10.6 Å². The molecule has 0 spiro atoms. The number of hydrogen-bond acceptors (Lipinski definition) is 2. The minimum atomic E-state index is -0.829. The summed E-state index contributed by atoms with van der Waals surface area (Å²) in [5.41, 5.74) is 0. The van der Waals surface area contributed by atoms with Gasteiger partial charge in [-0.15, -0.1) is 0 Å². The first-order valence-electron chi connectivity index (χ1n) is 6.28. The van der Waals surface area contributed by atoms with Crippen molar-refractivity contribution in [3.05, 3.63) is 0 Å². The Hall–Kier alpha value is -1.26. The zero-order valence-corrected chi connectivity index (χ0v) is 11.0. The first-order valence-corrected chi connectivity index (χ1v) is 6.28. The molecule has 0 aromatic heterocycles. The normalized spacial score (nSPS) is 13.8. The Morgan fingerprint density at radius 3 is 2.35 bits per heavy atom. The lowest BCUT2D eigenvalue weighted by molar-refractivity contribution is -0.141. The Morgan fingerprint density at radius 2 is 1.88 bits per heavy atom. The summed E-state index contributed by atoms with van der Waals surface area (Å²) in [5.74, 6) is -1.25. The van der Waals surface area contributed by atoms with E-state index in [0.29, 0.717) is 13.0 Å². The third-order valence-corrected chi connectivity index (χ3v) is 2.75. The summed E-state index contributed by atoms with van der Waals surface area (Å²) in [4.78, 5) is 22.0. The van der Waals surface area contributed by atoms with Crippen LogP contribution in [-0.4, -0.2) is 29.7 Å². The van der Waals surface area contributed by atoms with Crippen molar-refractivity contribution in [3.63, 3.8) is 0 Å². The number of carboxylic acid groups (broad SMARTS) is 1. The summed E-state index contributed by atoms with van der Waals surface area (Å²) in [6.45, 7) is 6.14. The fourth-order valence-electron chi connectivity index (χ4n) is 1.49. The van der Waals surface area contributed by atoms with Crippen LogP contribution in [-0.2, 0) is 4.79 Å². The number of amides is 2. The van der Waals surface area contributed by atoms with Crippen LogP contribution in [0.3, 0.4) is 0 Å². The number of hydrogen-bond donors (Lipinski definition) is 3. The number of carbonyl (C=O) groups excluding carboxylic acids is 1. The van der Waals surface area contributed by atoms with E-state index in [1.165, 1.54) is 0 Å². The number of rotatable bonds is 8. The number of carboxylic acids is 1. The molecule has 0 fully saturated rings. The van der Waals surface area contributed by atoms with E-state index in [4.69, 9.17) is 5.11 Å². The molecular formula is C12H24N2O3. The third kappa shape index (κ3) is 7.60. The van der Waals surface area contributed by atoms with E-state index in [1.54, 1.807) is 6.92 Å². The Bertz CT molecular complexity index is 244. The van der Waals surface area contributed by atoms with Gasteiger partial charge >= 0.3 is 12.0 Å². The Kier molecular flexibility index (Phi) is 8.19. The van der Waals surface area contributed by atoms with Crippen LogP contribution in [0.4, 0.5) is 4.79 Å². The minimum absolute atomic E-state index is 0.205. The second-order valence-electron chi connectivity index (χ2n) is 4.32. The Labute approximate surface area is 103 Å². The molecule has 2 amide bonds. The van der Waals surface area contributed by atoms with Crippen LogP contribution in [0.25, 0.3) is 0 Å². The zero-order valence-electron chi connectivity index (χ0n) is 11.0. The monoisotopic (exact) mass is 244 g/mol. The number of carbonyl (C=O) groups is 2. The van der Waals surface area contributed by atoms with Crippen molar-refractivity contribution in [2.45, 2.75) is 52.5 Å². The quantitative estimate of drug-likeness (QED) is 0.611. The molecule has 0 saturated heterocycles. The highest BCUT2D eigenvalue weighted by Gasteiger charge is 2.12. The summed E-state index contributed by atoms with van der Waals surface area (Å²) in [5, 5.41) is 14.2. The summed E-state index contributed by atoms with van der Waals surface area (Å²) in [7, 11) is 0. The predicted molar refractivity (Wildman–Crippen MR) is 66.9 cm³/mol. The largest absolute Gasteiger partial charge is 0.481 e. The Morgan fingerprint density at radius 1 is 1.24 bits per heavy atom. The zero-order chi connectivity index (χ0) is 13.3. The van der Waals surface area contributed by atoms with Gasteiger partial charge in [0.2, 0.25) is 0 Å². The second kappa shape index (κ2) is 8.84. The molecule has 3 N–H and O–H groups in total. The average Bonchev–Trinajstić information content (AvgIpc) is 2.28. The number of aliphatic carboxylic acids is 1. The van der Waals surface area contributed by atoms with Crippen LogP contribution in [0, 0.1) is 5.92 Å². The van der Waals surface area contributed by atoms with Crippen molar-refractivity contribution >= 4 is 12.0 Å². The predicted octanol–water partition coefficient (Wildman–Crippen LogP) is 1.98. The lowest BCUT2D eigenvalue weighted by atomic mass is 10.1. The maximum atomic E-state index is 11.5. The van der Waals surface area contributed by atoms with Crippen LogP contribution < -0.4 is 10.6 Å². The molecule has 0 aliphatic carbocycles. The van der Waals surface area contributed by atoms with Gasteiger partial charge in [-0.2, -0.15) is 0 Å². The molecule has 2 atom stereocenters. The van der Waals surface area contributed by atoms with E-state index in [-0.39, 0.29) is 12.1 Å². The van der Waals surface area contributed by atoms with Gasteiger partial charge in [-0.25, -0.2) is 4.79 Å². The molecular weight excluding hydrogens is 220 g/mol. The molecule has 0 aliphatic rings. The van der Waals surface area contributed by atoms with E-state index in [2.05, 4.69) is 17.6 Å². The fourth-order valence-corrected chi connectivity index (χ4v) is 1.49. The topological polar surface area (TPSA) is 78.4 Å². The smallest absolute Gasteiger partial charge is 0.315 e. The maximum absolute atomic E-state index is 11.5. The molecule has 100 valence electrons. The van der Waals surface area contributed by atoms with Crippen LogP contribution in [0.15, 0.2) is 0 Å². The second-order valence-corrected chi connectivity index (χ2v) is 4.32. The van der Waals surface area contributed by atoms with Crippen LogP contribution >= 0.6 is 0 Å². The van der Waals surface area contributed by atoms with Crippen LogP contribution in [0.1, 0.15) is 46.5 Å². The van der Waals surface area contributed by atoms with Gasteiger partial charge in [0, 0.05) is 12.6 Å². The molecule has 0 saturated carbocycles. The van der Waals surface area contributed by atoms with Gasteiger partial charge in [-0.05, 0) is 19.3 Å². The molecule has 0 aliphatic heterocycles. The lowest BCUT2D eigenvalue weighted by Gasteiger charge is -2.16. The van der Waals surface area contributed by atoms with Gasteiger partial charge in [0.15, 0.2) is 0 Å². The van der Waals surface area contributed by atoms with Crippen molar-refractivity contribution < 1.29 is 14.7 Å². The standard InChI is InChI=1S/C12H24N2O3/c1-4-6-10(5-2)14-12(17)13-8-7-9(3)11(15)16/h9-10H,4-8H2,1-3H3,(H,15,16)(H2,13,14,17). The lowest BCUT2D eigenvalue weighted by Crippen LogP contribution is -2.42. The van der Waals surface area contributed by atoms with Gasteiger partial charge in [0.25, 0.3) is 0 Å². The molecule has 0 bridgehead atoms. The Balaban J connectivity index is 3.75. The highest BCUT2D eigenvalue weighted by Crippen LogP contribution is 2.01. The van der Waals surface area contributed by atoms with Crippen molar-refractivity contribution in [2.75, 3.05) is 6.54 Å². The molecule has 0 radical (unpaired) electrons. The average molecular weight is 244 g/mol. The van der Waals surface area contributed by atoms with E-state index in [1.807, 2.05) is 6.92 Å². The van der Waals surface area contributed by atoms with E-state index < -0.39 is 11.9 Å². The van der Waals surface area contributed by atoms with Gasteiger partial charge in [-0.3, -0.25) is 4.79 Å². The molecule has 5 nitrogen and oxygen atoms in total. The van der Waals surface area contributed by atoms with E-state index in [0.717, 1.165) is 19.3 Å². The summed E-state index contributed by atoms with van der Waals surface area (Å²) in [6.07, 6.45) is 3.37. The van der Waals surface area contributed by atoms with Gasteiger partial charge in [0.1, 0.15) is 0 Å². The third-order valence-electron chi connectivity index (χ3n) is 2.75. The van der Waals surface area contributed by atoms with Gasteiger partial charge in [-0.1, -0.05) is 27.2 Å². The number of urea groups is 1. The van der Waals surface area contributed by atoms with Gasteiger partial charge < -0.3 is 15.7 Å². The van der Waals surface area contributed by atoms with Crippen LogP contribution in [0.2, 0.25) is 0 Å². The fraction of sp³-hybridized carbons (Fsp3) is 0.833. The van der Waals surface area contributed by atoms with E-state index >= 15 is 0 Å².